The third kappa shape index (κ3) is 5.32. The van der Waals surface area contributed by atoms with Crippen molar-refractivity contribution < 1.29 is 13.2 Å². The highest BCUT2D eigenvalue weighted by Gasteiger charge is 2.22. The van der Waals surface area contributed by atoms with E-state index in [9.17, 15) is 13.2 Å². The van der Waals surface area contributed by atoms with E-state index in [4.69, 9.17) is 0 Å². The fourth-order valence-corrected chi connectivity index (χ4v) is 5.37. The molecule has 0 bridgehead atoms. The van der Waals surface area contributed by atoms with Gasteiger partial charge in [0, 0.05) is 18.4 Å². The van der Waals surface area contributed by atoms with Gasteiger partial charge in [-0.3, -0.25) is 9.69 Å². The highest BCUT2D eigenvalue weighted by atomic mass is 32.2. The van der Waals surface area contributed by atoms with Gasteiger partial charge in [0.25, 0.3) is 0 Å². The lowest BCUT2D eigenvalue weighted by molar-refractivity contribution is -0.115. The van der Waals surface area contributed by atoms with Gasteiger partial charge in [0.15, 0.2) is 15.0 Å². The molecule has 0 spiro atoms. The summed E-state index contributed by atoms with van der Waals surface area (Å²) in [5.41, 5.74) is 1.53. The average Bonchev–Trinajstić information content (AvgIpc) is 3.18. The minimum absolute atomic E-state index is 0.112. The number of nitrogens with zero attached hydrogens (tertiary/aromatic N) is 4. The lowest BCUT2D eigenvalue weighted by Gasteiger charge is -2.22. The predicted octanol–water partition coefficient (Wildman–Crippen LogP) is 4.25. The van der Waals surface area contributed by atoms with Crippen molar-refractivity contribution in [3.8, 4) is 0 Å². The third-order valence-electron chi connectivity index (χ3n) is 4.95. The smallest absolute Gasteiger partial charge is 0.242 e. The SMILES string of the molecule is Cn1c(CS(=O)(=O)c2ccccc2)nnc1SCC(=O)N(c1ccccc1)c1ccccc1. The summed E-state index contributed by atoms with van der Waals surface area (Å²) in [6.07, 6.45) is 0. The van der Waals surface area contributed by atoms with Crippen LogP contribution in [0.5, 0.6) is 0 Å². The van der Waals surface area contributed by atoms with Gasteiger partial charge in [0.2, 0.25) is 5.91 Å². The molecule has 1 amide bonds. The van der Waals surface area contributed by atoms with Crippen molar-refractivity contribution in [1.29, 1.82) is 0 Å². The second-order valence-electron chi connectivity index (χ2n) is 7.22. The summed E-state index contributed by atoms with van der Waals surface area (Å²) in [4.78, 5) is 15.1. The second-order valence-corrected chi connectivity index (χ2v) is 10.2. The quantitative estimate of drug-likeness (QED) is 0.352. The lowest BCUT2D eigenvalue weighted by Crippen LogP contribution is -2.27. The number of rotatable bonds is 8. The van der Waals surface area contributed by atoms with Crippen LogP contribution in [0.2, 0.25) is 0 Å². The van der Waals surface area contributed by atoms with E-state index in [1.165, 1.54) is 11.8 Å². The summed E-state index contributed by atoms with van der Waals surface area (Å²) in [7, 11) is -1.84. The third-order valence-corrected chi connectivity index (χ3v) is 7.58. The van der Waals surface area contributed by atoms with Crippen LogP contribution in [0.3, 0.4) is 0 Å². The molecular formula is C24H22N4O3S2. The number of amides is 1. The summed E-state index contributed by atoms with van der Waals surface area (Å²) in [6.45, 7) is 0. The van der Waals surface area contributed by atoms with Crippen molar-refractivity contribution in [2.24, 2.45) is 7.05 Å². The fourth-order valence-electron chi connectivity index (χ4n) is 3.26. The number of anilines is 2. The van der Waals surface area contributed by atoms with Crippen molar-refractivity contribution in [3.05, 3.63) is 96.8 Å². The second kappa shape index (κ2) is 10.0. The summed E-state index contributed by atoms with van der Waals surface area (Å²) in [5.74, 6) is 0.0340. The largest absolute Gasteiger partial charge is 0.308 e. The predicted molar refractivity (Wildman–Crippen MR) is 129 cm³/mol. The van der Waals surface area contributed by atoms with Crippen LogP contribution in [0.15, 0.2) is 101 Å². The molecule has 9 heteroatoms. The molecule has 0 aliphatic heterocycles. The first-order chi connectivity index (χ1) is 16.0. The molecule has 4 rings (SSSR count). The van der Waals surface area contributed by atoms with Crippen LogP contribution in [0.1, 0.15) is 5.82 Å². The zero-order valence-corrected chi connectivity index (χ0v) is 19.5. The maximum Gasteiger partial charge on any atom is 0.242 e. The Morgan fingerprint density at radius 1 is 0.848 bits per heavy atom. The zero-order chi connectivity index (χ0) is 23.3. The minimum atomic E-state index is -3.55. The van der Waals surface area contributed by atoms with E-state index in [2.05, 4.69) is 10.2 Å². The molecule has 0 fully saturated rings. The molecule has 168 valence electrons. The van der Waals surface area contributed by atoms with Crippen molar-refractivity contribution >= 4 is 38.9 Å². The van der Waals surface area contributed by atoms with Crippen molar-refractivity contribution in [1.82, 2.24) is 14.8 Å². The Balaban J connectivity index is 1.50. The Hall–Kier alpha value is -3.43. The van der Waals surface area contributed by atoms with Gasteiger partial charge in [-0.15, -0.1) is 10.2 Å². The molecule has 0 saturated heterocycles. The van der Waals surface area contributed by atoms with E-state index in [0.717, 1.165) is 11.4 Å². The number of benzene rings is 3. The van der Waals surface area contributed by atoms with Gasteiger partial charge in [-0.1, -0.05) is 66.4 Å². The molecule has 3 aromatic carbocycles. The van der Waals surface area contributed by atoms with E-state index < -0.39 is 9.84 Å². The van der Waals surface area contributed by atoms with Gasteiger partial charge in [-0.2, -0.15) is 0 Å². The lowest BCUT2D eigenvalue weighted by atomic mass is 10.2. The maximum absolute atomic E-state index is 13.2. The van der Waals surface area contributed by atoms with Crippen LogP contribution in [0.4, 0.5) is 11.4 Å². The Bertz CT molecular complexity index is 1290. The molecule has 1 aromatic heterocycles. The summed E-state index contributed by atoms with van der Waals surface area (Å²) < 4.78 is 27.0. The van der Waals surface area contributed by atoms with E-state index in [0.29, 0.717) is 11.0 Å². The Labute approximate surface area is 197 Å². The molecule has 1 heterocycles. The molecule has 0 N–H and O–H groups in total. The average molecular weight is 479 g/mol. The monoisotopic (exact) mass is 478 g/mol. The standard InChI is InChI=1S/C24H22N4O3S2/c1-27-22(18-33(30,31)21-15-9-4-10-16-21)25-26-24(27)32-17-23(29)28(19-11-5-2-6-12-19)20-13-7-3-8-14-20/h2-16H,17-18H2,1H3. The molecule has 33 heavy (non-hydrogen) atoms. The topological polar surface area (TPSA) is 85.2 Å². The van der Waals surface area contributed by atoms with Crippen LogP contribution in [0, 0.1) is 0 Å². The summed E-state index contributed by atoms with van der Waals surface area (Å²) >= 11 is 1.22. The molecule has 0 radical (unpaired) electrons. The minimum Gasteiger partial charge on any atom is -0.308 e. The Kier molecular flexibility index (Phi) is 6.90. The normalized spacial score (nSPS) is 11.3. The summed E-state index contributed by atoms with van der Waals surface area (Å²) in [5, 5.41) is 8.64. The van der Waals surface area contributed by atoms with Crippen LogP contribution in [-0.4, -0.2) is 34.8 Å². The fraction of sp³-hybridized carbons (Fsp3) is 0.125. The molecule has 7 nitrogen and oxygen atoms in total. The molecule has 0 unspecified atom stereocenters. The summed E-state index contributed by atoms with van der Waals surface area (Å²) in [6, 6.07) is 27.1. The van der Waals surface area contributed by atoms with E-state index in [-0.39, 0.29) is 22.3 Å². The number of aromatic nitrogens is 3. The maximum atomic E-state index is 13.2. The van der Waals surface area contributed by atoms with Gasteiger partial charge < -0.3 is 4.57 Å². The highest BCUT2D eigenvalue weighted by Crippen LogP contribution is 2.27. The van der Waals surface area contributed by atoms with Gasteiger partial charge in [0.1, 0.15) is 11.6 Å². The number of carbonyl (C=O) groups is 1. The van der Waals surface area contributed by atoms with E-state index >= 15 is 0 Å². The Morgan fingerprint density at radius 2 is 1.36 bits per heavy atom. The number of para-hydroxylation sites is 2. The number of sulfone groups is 1. The highest BCUT2D eigenvalue weighted by molar-refractivity contribution is 7.99. The molecule has 0 saturated carbocycles. The molecule has 0 aliphatic carbocycles. The number of thioether (sulfide) groups is 1. The zero-order valence-electron chi connectivity index (χ0n) is 17.9. The molecule has 0 atom stereocenters. The first kappa shape index (κ1) is 22.8. The number of hydrogen-bond donors (Lipinski definition) is 0. The first-order valence-corrected chi connectivity index (χ1v) is 12.8. The van der Waals surface area contributed by atoms with Crippen LogP contribution in [-0.2, 0) is 27.4 Å². The van der Waals surface area contributed by atoms with Crippen molar-refractivity contribution in [2.75, 3.05) is 10.7 Å². The van der Waals surface area contributed by atoms with Gasteiger partial charge in [-0.25, -0.2) is 8.42 Å². The number of carbonyl (C=O) groups excluding carboxylic acids is 1. The first-order valence-electron chi connectivity index (χ1n) is 10.2. The van der Waals surface area contributed by atoms with Crippen LogP contribution >= 0.6 is 11.8 Å². The molecule has 4 aromatic rings. The molecule has 0 aliphatic rings. The van der Waals surface area contributed by atoms with Crippen LogP contribution < -0.4 is 4.90 Å². The van der Waals surface area contributed by atoms with E-state index in [1.807, 2.05) is 60.7 Å². The van der Waals surface area contributed by atoms with Gasteiger partial charge >= 0.3 is 0 Å². The molecular weight excluding hydrogens is 456 g/mol. The number of hydrogen-bond acceptors (Lipinski definition) is 6. The van der Waals surface area contributed by atoms with E-state index in [1.54, 1.807) is 46.8 Å². The van der Waals surface area contributed by atoms with Crippen molar-refractivity contribution in [2.45, 2.75) is 15.8 Å². The van der Waals surface area contributed by atoms with Crippen molar-refractivity contribution in [3.63, 3.8) is 0 Å². The Morgan fingerprint density at radius 3 is 1.91 bits per heavy atom. The van der Waals surface area contributed by atoms with Crippen LogP contribution in [0.25, 0.3) is 0 Å². The van der Waals surface area contributed by atoms with Gasteiger partial charge in [-0.05, 0) is 36.4 Å². The van der Waals surface area contributed by atoms with Gasteiger partial charge in [0.05, 0.1) is 10.6 Å².